The molecule has 45 heavy (non-hydrogen) atoms. The quantitative estimate of drug-likeness (QED) is 0.106. The van der Waals surface area contributed by atoms with Crippen molar-refractivity contribution in [3.63, 3.8) is 0 Å². The molecule has 0 amide bonds. The number of rotatable bonds is 7. The summed E-state index contributed by atoms with van der Waals surface area (Å²) in [6, 6.07) is 6.23. The summed E-state index contributed by atoms with van der Waals surface area (Å²) >= 11 is 0. The Morgan fingerprint density at radius 3 is 2.00 bits per heavy atom. The van der Waals surface area contributed by atoms with Gasteiger partial charge in [-0.1, -0.05) is 25.1 Å². The number of benzene rings is 2. The molecule has 2 aliphatic rings. The van der Waals surface area contributed by atoms with Gasteiger partial charge in [0.25, 0.3) is 0 Å². The van der Waals surface area contributed by atoms with E-state index in [4.69, 9.17) is 9.47 Å². The van der Waals surface area contributed by atoms with Gasteiger partial charge in [0.1, 0.15) is 24.4 Å². The van der Waals surface area contributed by atoms with Crippen LogP contribution in [0.4, 0.5) is 0 Å². The summed E-state index contributed by atoms with van der Waals surface area (Å²) in [4.78, 5) is 13.8. The zero-order valence-electron chi connectivity index (χ0n) is 23.9. The van der Waals surface area contributed by atoms with Crippen LogP contribution in [0.2, 0.25) is 0 Å². The van der Waals surface area contributed by atoms with Gasteiger partial charge in [-0.2, -0.15) is 0 Å². The van der Waals surface area contributed by atoms with Crippen LogP contribution in [0.15, 0.2) is 42.5 Å². The first-order valence-electron chi connectivity index (χ1n) is 13.6. The van der Waals surface area contributed by atoms with Gasteiger partial charge in [-0.3, -0.25) is 4.79 Å². The van der Waals surface area contributed by atoms with Crippen LogP contribution in [-0.2, 0) is 14.3 Å². The Bertz CT molecular complexity index is 1470. The van der Waals surface area contributed by atoms with Gasteiger partial charge in [0.2, 0.25) is 5.79 Å². The molecule has 0 aromatic heterocycles. The smallest absolute Gasteiger partial charge is 0.208 e. The maximum atomic E-state index is 13.8. The molecule has 0 radical (unpaired) electrons. The topological polar surface area (TPSA) is 299 Å². The van der Waals surface area contributed by atoms with E-state index < -0.39 is 101 Å². The molecular weight excluding hydrogens is 604 g/mol. The van der Waals surface area contributed by atoms with Crippen molar-refractivity contribution in [3.05, 3.63) is 53.6 Å². The van der Waals surface area contributed by atoms with E-state index in [0.29, 0.717) is 6.08 Å². The van der Waals surface area contributed by atoms with Crippen molar-refractivity contribution in [2.45, 2.75) is 79.2 Å². The molecule has 2 aromatic rings. The molecule has 13 N–H and O–H groups in total. The third-order valence-corrected chi connectivity index (χ3v) is 8.81. The van der Waals surface area contributed by atoms with E-state index in [9.17, 15) is 71.2 Å². The fraction of sp³-hybridized carbons (Fsp3) is 0.483. The molecule has 0 saturated carbocycles. The predicted molar refractivity (Wildman–Crippen MR) is 148 cm³/mol. The Morgan fingerprint density at radius 1 is 0.867 bits per heavy atom. The largest absolute Gasteiger partial charge is 0.504 e. The number of hydrogen-bond donors (Lipinski definition) is 13. The van der Waals surface area contributed by atoms with Crippen LogP contribution < -0.4 is 0 Å². The fourth-order valence-electron chi connectivity index (χ4n) is 6.05. The van der Waals surface area contributed by atoms with Gasteiger partial charge in [0, 0.05) is 5.92 Å². The summed E-state index contributed by atoms with van der Waals surface area (Å²) in [5.41, 5.74) is -12.0. The zero-order valence-corrected chi connectivity index (χ0v) is 23.9. The first-order valence-corrected chi connectivity index (χ1v) is 13.6. The number of aliphatic hydroxyl groups excluding tert-OH is 5. The highest BCUT2D eigenvalue weighted by Crippen LogP contribution is 2.56. The molecule has 16 heteroatoms. The van der Waals surface area contributed by atoms with Crippen LogP contribution in [0.25, 0.3) is 6.08 Å². The third kappa shape index (κ3) is 4.86. The van der Waals surface area contributed by atoms with Crippen molar-refractivity contribution in [1.82, 2.24) is 0 Å². The van der Waals surface area contributed by atoms with Crippen LogP contribution >= 0.6 is 0 Å². The number of phenolic OH excluding ortho intramolecular Hbond substituents is 4. The average molecular weight is 641 g/mol. The number of aromatic hydroxyl groups is 4. The van der Waals surface area contributed by atoms with E-state index in [0.717, 1.165) is 50.3 Å². The number of aliphatic hydroxyl groups is 9. The molecule has 2 aliphatic heterocycles. The van der Waals surface area contributed by atoms with Crippen LogP contribution in [-0.4, -0.2) is 138 Å². The molecule has 0 bridgehead atoms. The number of ether oxygens (including phenoxy) is 2. The Labute approximate surface area is 255 Å². The molecule has 4 rings (SSSR count). The average Bonchev–Trinajstić information content (AvgIpc) is 3.00. The second kappa shape index (κ2) is 11.8. The summed E-state index contributed by atoms with van der Waals surface area (Å²) in [6.07, 6.45) is -12.8. The highest BCUT2D eigenvalue weighted by Gasteiger charge is 2.84. The minimum atomic E-state index is -4.09. The van der Waals surface area contributed by atoms with Crippen LogP contribution in [0.5, 0.6) is 23.0 Å². The van der Waals surface area contributed by atoms with Crippen molar-refractivity contribution in [2.24, 2.45) is 0 Å². The predicted octanol–water partition coefficient (Wildman–Crippen LogP) is -3.01. The maximum Gasteiger partial charge on any atom is 0.208 e. The molecule has 11 atom stereocenters. The maximum absolute atomic E-state index is 13.8. The Hall–Kier alpha value is -3.39. The van der Waals surface area contributed by atoms with Crippen LogP contribution in [0.1, 0.15) is 30.9 Å². The number of carbonyl (C=O) groups excluding carboxylic acids is 1. The Morgan fingerprint density at radius 2 is 1.44 bits per heavy atom. The minimum absolute atomic E-state index is 0.0409. The summed E-state index contributed by atoms with van der Waals surface area (Å²) in [6.45, 7) is 1.05. The standard InChI is InChI=1S/C29H36O16/c1-12(15-5-7-17(32)19(34)10-15)29(43)27(41,24(38)22(36)20(11-30)45-29)28(42)25(39)44-13(2)23(37)26(28,40)21(35)8-4-14-3-6-16(31)18(33)9-14/h3-10,12-13,20,22-25,30-34,36-43H,11H2,1-2H3/b8-4+/t12?,13-,20+,22+,23+,24-,25?,26+,27+,28+,29?/m0/s1. The molecule has 2 saturated heterocycles. The van der Waals surface area contributed by atoms with Gasteiger partial charge in [-0.05, 0) is 48.4 Å². The Balaban J connectivity index is 1.97. The van der Waals surface area contributed by atoms with E-state index in [1.54, 1.807) is 0 Å². The summed E-state index contributed by atoms with van der Waals surface area (Å²) in [5.74, 6) is -9.40. The summed E-state index contributed by atoms with van der Waals surface area (Å²) < 4.78 is 10.6. The third-order valence-electron chi connectivity index (χ3n) is 8.81. The first-order chi connectivity index (χ1) is 20.8. The van der Waals surface area contributed by atoms with Gasteiger partial charge in [0.15, 0.2) is 51.9 Å². The summed E-state index contributed by atoms with van der Waals surface area (Å²) in [5, 5.41) is 142. The van der Waals surface area contributed by atoms with E-state index in [-0.39, 0.29) is 11.1 Å². The second-order valence-electron chi connectivity index (χ2n) is 11.3. The first kappa shape index (κ1) is 34.5. The van der Waals surface area contributed by atoms with Crippen LogP contribution in [0.3, 0.4) is 0 Å². The number of phenols is 4. The van der Waals surface area contributed by atoms with E-state index in [1.165, 1.54) is 6.07 Å². The van der Waals surface area contributed by atoms with Crippen molar-refractivity contribution >= 4 is 11.9 Å². The fourth-order valence-corrected chi connectivity index (χ4v) is 6.05. The van der Waals surface area contributed by atoms with E-state index in [2.05, 4.69) is 0 Å². The van der Waals surface area contributed by atoms with Gasteiger partial charge in [-0.25, -0.2) is 0 Å². The number of carbonyl (C=O) groups is 1. The molecule has 0 spiro atoms. The molecule has 0 aliphatic carbocycles. The molecular formula is C29H36O16. The molecule has 2 aromatic carbocycles. The van der Waals surface area contributed by atoms with Gasteiger partial charge in [0.05, 0.1) is 12.7 Å². The van der Waals surface area contributed by atoms with Crippen LogP contribution in [0, 0.1) is 0 Å². The lowest BCUT2D eigenvalue weighted by molar-refractivity contribution is -0.476. The Kier molecular flexibility index (Phi) is 9.01. The van der Waals surface area contributed by atoms with Crippen molar-refractivity contribution < 1.29 is 80.7 Å². The van der Waals surface area contributed by atoms with Gasteiger partial charge >= 0.3 is 0 Å². The lowest BCUT2D eigenvalue weighted by atomic mass is 9.55. The van der Waals surface area contributed by atoms with E-state index in [1.807, 2.05) is 0 Å². The number of hydrogen-bond acceptors (Lipinski definition) is 16. The zero-order chi connectivity index (χ0) is 33.9. The van der Waals surface area contributed by atoms with Crippen molar-refractivity contribution in [3.8, 4) is 23.0 Å². The van der Waals surface area contributed by atoms with Crippen molar-refractivity contribution in [2.75, 3.05) is 6.61 Å². The molecule has 248 valence electrons. The number of ketones is 1. The van der Waals surface area contributed by atoms with E-state index >= 15 is 0 Å². The van der Waals surface area contributed by atoms with Gasteiger partial charge < -0.3 is 75.9 Å². The molecule has 3 unspecified atom stereocenters. The monoisotopic (exact) mass is 640 g/mol. The van der Waals surface area contributed by atoms with Gasteiger partial charge in [-0.15, -0.1) is 0 Å². The lowest BCUT2D eigenvalue weighted by Crippen LogP contribution is -2.92. The molecule has 2 fully saturated rings. The summed E-state index contributed by atoms with van der Waals surface area (Å²) in [7, 11) is 0. The SMILES string of the molecule is CC(c1ccc(O)c(O)c1)C1(O)O[C@H](CO)[C@@H](O)[C@H](O)[C@@]1(O)[C@@]1(O)C(O)O[C@@H](C)[C@@H](O)[C@]1(O)C(=O)/C=C/c1ccc(O)c(O)c1. The molecule has 2 heterocycles. The highest BCUT2D eigenvalue weighted by molar-refractivity contribution is 6.02. The van der Waals surface area contributed by atoms with Crippen molar-refractivity contribution in [1.29, 1.82) is 0 Å². The lowest BCUT2D eigenvalue weighted by Gasteiger charge is -2.65. The minimum Gasteiger partial charge on any atom is -0.504 e. The highest BCUT2D eigenvalue weighted by atomic mass is 16.7. The molecule has 16 nitrogen and oxygen atoms in total. The second-order valence-corrected chi connectivity index (χ2v) is 11.3. The normalized spacial score (nSPS) is 39.5.